The molecule has 0 atom stereocenters. The van der Waals surface area contributed by atoms with Crippen LogP contribution in [0.5, 0.6) is 0 Å². The van der Waals surface area contributed by atoms with Gasteiger partial charge in [0.05, 0.1) is 0 Å². The fraction of sp³-hybridized carbons (Fsp3) is 0.417. The number of aromatic amines is 1. The van der Waals surface area contributed by atoms with E-state index in [4.69, 9.17) is 5.10 Å². The Morgan fingerprint density at radius 2 is 1.84 bits per heavy atom. The van der Waals surface area contributed by atoms with Gasteiger partial charge in [0.25, 0.3) is 0 Å². The molecule has 0 spiro atoms. The number of nitrogens with one attached hydrogen (secondary N) is 1. The molecule has 2 heterocycles. The second-order valence-electron chi connectivity index (χ2n) is 8.58. The highest BCUT2D eigenvalue weighted by Crippen LogP contribution is 2.32. The lowest BCUT2D eigenvalue weighted by atomic mass is 9.98. The first-order chi connectivity index (χ1) is 15.3. The van der Waals surface area contributed by atoms with Crippen LogP contribution in [0.1, 0.15) is 44.6 Å². The molecule has 1 saturated carbocycles. The second kappa shape index (κ2) is 8.88. The molecule has 2 aliphatic rings. The number of tetrazole rings is 1. The number of benzene rings is 2. The Balaban J connectivity index is 1.31. The highest BCUT2D eigenvalue weighted by atomic mass is 15.6. The molecule has 31 heavy (non-hydrogen) atoms. The standard InChI is InChI=1S/C24H29N7/c1-2-3-8-23-27-31(16-19-9-10-19)17-30(23)15-18-11-13-20(14-12-18)21-6-4-5-7-22(21)24-25-28-29-26-24/h4-7,11-14,19H,2-3,8-10,15-17H2,1H3,(H,25,26,28,29). The molecule has 0 radical (unpaired) electrons. The van der Waals surface area contributed by atoms with Crippen molar-refractivity contribution in [1.29, 1.82) is 0 Å². The van der Waals surface area contributed by atoms with Crippen molar-refractivity contribution in [1.82, 2.24) is 30.5 Å². The summed E-state index contributed by atoms with van der Waals surface area (Å²) in [6.45, 7) is 5.17. The molecule has 5 rings (SSSR count). The average Bonchev–Trinajstić information content (AvgIpc) is 3.29. The van der Waals surface area contributed by atoms with Crippen molar-refractivity contribution in [2.75, 3.05) is 13.2 Å². The van der Waals surface area contributed by atoms with Crippen LogP contribution >= 0.6 is 0 Å². The number of hydrogen-bond donors (Lipinski definition) is 1. The van der Waals surface area contributed by atoms with Crippen LogP contribution in [-0.2, 0) is 6.54 Å². The molecule has 1 N–H and O–H groups in total. The van der Waals surface area contributed by atoms with Crippen molar-refractivity contribution in [3.8, 4) is 22.5 Å². The number of hydrogen-bond acceptors (Lipinski definition) is 6. The Morgan fingerprint density at radius 3 is 2.55 bits per heavy atom. The molecule has 7 nitrogen and oxygen atoms in total. The summed E-state index contributed by atoms with van der Waals surface area (Å²) in [5, 5.41) is 21.6. The van der Waals surface area contributed by atoms with Gasteiger partial charge in [-0.1, -0.05) is 61.9 Å². The molecule has 3 aromatic rings. The summed E-state index contributed by atoms with van der Waals surface area (Å²) in [5.74, 6) is 2.79. The van der Waals surface area contributed by atoms with E-state index < -0.39 is 0 Å². The van der Waals surface area contributed by atoms with Gasteiger partial charge in [0.1, 0.15) is 12.5 Å². The molecule has 0 amide bonds. The molecule has 0 unspecified atom stereocenters. The minimum Gasteiger partial charge on any atom is -0.335 e. The lowest BCUT2D eigenvalue weighted by molar-refractivity contribution is 0.222. The maximum atomic E-state index is 4.94. The maximum Gasteiger partial charge on any atom is 0.180 e. The van der Waals surface area contributed by atoms with Crippen molar-refractivity contribution >= 4 is 5.84 Å². The van der Waals surface area contributed by atoms with Crippen LogP contribution in [0.15, 0.2) is 53.6 Å². The largest absolute Gasteiger partial charge is 0.335 e. The van der Waals surface area contributed by atoms with Crippen LogP contribution < -0.4 is 0 Å². The van der Waals surface area contributed by atoms with Gasteiger partial charge in [0.15, 0.2) is 5.82 Å². The van der Waals surface area contributed by atoms with Gasteiger partial charge in [-0.3, -0.25) is 5.01 Å². The van der Waals surface area contributed by atoms with Crippen molar-refractivity contribution in [3.63, 3.8) is 0 Å². The number of aromatic nitrogens is 4. The topological polar surface area (TPSA) is 73.3 Å². The summed E-state index contributed by atoms with van der Waals surface area (Å²) in [6, 6.07) is 17.0. The predicted molar refractivity (Wildman–Crippen MR) is 122 cm³/mol. The van der Waals surface area contributed by atoms with Crippen LogP contribution in [0, 0.1) is 5.92 Å². The molecule has 0 saturated heterocycles. The summed E-state index contributed by atoms with van der Waals surface area (Å²) in [5.41, 5.74) is 4.59. The van der Waals surface area contributed by atoms with E-state index in [0.717, 1.165) is 48.8 Å². The van der Waals surface area contributed by atoms with E-state index in [1.807, 2.05) is 18.2 Å². The molecular formula is C24H29N7. The lowest BCUT2D eigenvalue weighted by Gasteiger charge is -2.22. The highest BCUT2D eigenvalue weighted by Gasteiger charge is 2.29. The molecule has 1 aromatic heterocycles. The first-order valence-electron chi connectivity index (χ1n) is 11.3. The molecule has 0 bridgehead atoms. The normalized spacial score (nSPS) is 16.1. The Kier molecular flexibility index (Phi) is 5.65. The van der Waals surface area contributed by atoms with Crippen LogP contribution in [0.4, 0.5) is 0 Å². The smallest absolute Gasteiger partial charge is 0.180 e. The molecule has 1 aliphatic heterocycles. The zero-order chi connectivity index (χ0) is 21.0. The van der Waals surface area contributed by atoms with Gasteiger partial charge in [-0.2, -0.15) is 5.10 Å². The Bertz CT molecular complexity index is 1020. The molecule has 160 valence electrons. The van der Waals surface area contributed by atoms with E-state index in [2.05, 4.69) is 67.8 Å². The van der Waals surface area contributed by atoms with Crippen molar-refractivity contribution in [2.24, 2.45) is 11.0 Å². The summed E-state index contributed by atoms with van der Waals surface area (Å²) >= 11 is 0. The van der Waals surface area contributed by atoms with Gasteiger partial charge in [0.2, 0.25) is 0 Å². The summed E-state index contributed by atoms with van der Waals surface area (Å²) in [6.07, 6.45) is 6.18. The predicted octanol–water partition coefficient (Wildman–Crippen LogP) is 4.52. The summed E-state index contributed by atoms with van der Waals surface area (Å²) < 4.78 is 0. The Labute approximate surface area is 183 Å². The number of hydrazone groups is 1. The van der Waals surface area contributed by atoms with Crippen LogP contribution in [-0.4, -0.2) is 49.6 Å². The monoisotopic (exact) mass is 415 g/mol. The third-order valence-electron chi connectivity index (χ3n) is 6.04. The SMILES string of the molecule is CCCCC1=NN(CC2CC2)CN1Cc1ccc(-c2ccccc2-c2nnn[nH]2)cc1. The number of amidine groups is 1. The number of H-pyrrole nitrogens is 1. The fourth-order valence-electron chi connectivity index (χ4n) is 4.14. The third kappa shape index (κ3) is 4.60. The van der Waals surface area contributed by atoms with Crippen LogP contribution in [0.25, 0.3) is 22.5 Å². The van der Waals surface area contributed by atoms with E-state index >= 15 is 0 Å². The van der Waals surface area contributed by atoms with E-state index in [1.165, 1.54) is 37.1 Å². The quantitative estimate of drug-likeness (QED) is 0.556. The molecule has 7 heteroatoms. The minimum absolute atomic E-state index is 0.685. The van der Waals surface area contributed by atoms with Gasteiger partial charge in [-0.25, -0.2) is 5.10 Å². The van der Waals surface area contributed by atoms with Crippen molar-refractivity contribution in [2.45, 2.75) is 45.6 Å². The molecule has 2 aromatic carbocycles. The van der Waals surface area contributed by atoms with Gasteiger partial charge in [-0.05, 0) is 52.3 Å². The van der Waals surface area contributed by atoms with Gasteiger partial charge >= 0.3 is 0 Å². The van der Waals surface area contributed by atoms with Crippen molar-refractivity contribution < 1.29 is 0 Å². The summed E-state index contributed by atoms with van der Waals surface area (Å²) in [4.78, 5) is 2.45. The van der Waals surface area contributed by atoms with E-state index in [1.54, 1.807) is 0 Å². The zero-order valence-corrected chi connectivity index (χ0v) is 18.0. The zero-order valence-electron chi connectivity index (χ0n) is 18.0. The van der Waals surface area contributed by atoms with Gasteiger partial charge in [0, 0.05) is 25.1 Å². The molecule has 1 fully saturated rings. The third-order valence-corrected chi connectivity index (χ3v) is 6.04. The van der Waals surface area contributed by atoms with E-state index in [9.17, 15) is 0 Å². The fourth-order valence-corrected chi connectivity index (χ4v) is 4.14. The first-order valence-corrected chi connectivity index (χ1v) is 11.3. The van der Waals surface area contributed by atoms with E-state index in [0.29, 0.717) is 5.82 Å². The summed E-state index contributed by atoms with van der Waals surface area (Å²) in [7, 11) is 0. The number of unbranched alkanes of at least 4 members (excludes halogenated alkanes) is 1. The molecule has 1 aliphatic carbocycles. The first kappa shape index (κ1) is 19.7. The maximum absolute atomic E-state index is 4.94. The van der Waals surface area contributed by atoms with Gasteiger partial charge < -0.3 is 4.90 Å². The average molecular weight is 416 g/mol. The second-order valence-corrected chi connectivity index (χ2v) is 8.58. The van der Waals surface area contributed by atoms with Crippen LogP contribution in [0.2, 0.25) is 0 Å². The number of rotatable bonds is 9. The minimum atomic E-state index is 0.685. The Morgan fingerprint density at radius 1 is 1.03 bits per heavy atom. The lowest BCUT2D eigenvalue weighted by Crippen LogP contribution is -2.31. The highest BCUT2D eigenvalue weighted by molar-refractivity contribution is 5.83. The number of nitrogens with zero attached hydrogens (tertiary/aromatic N) is 6. The van der Waals surface area contributed by atoms with Crippen molar-refractivity contribution in [3.05, 3.63) is 54.1 Å². The Hall–Kier alpha value is -3.22. The molecular weight excluding hydrogens is 386 g/mol. The van der Waals surface area contributed by atoms with Gasteiger partial charge in [-0.15, -0.1) is 5.10 Å². The van der Waals surface area contributed by atoms with Crippen LogP contribution in [0.3, 0.4) is 0 Å². The van der Waals surface area contributed by atoms with E-state index in [-0.39, 0.29) is 0 Å².